The lowest BCUT2D eigenvalue weighted by Crippen LogP contribution is -2.42. The van der Waals surface area contributed by atoms with Gasteiger partial charge in [0.1, 0.15) is 18.2 Å². The molecule has 3 rings (SSSR count). The Kier molecular flexibility index (Phi) is 8.26. The number of nitrogens with zero attached hydrogens (tertiary/aromatic N) is 2. The second-order valence-corrected chi connectivity index (χ2v) is 7.25. The zero-order chi connectivity index (χ0) is 23.3. The molecule has 1 aliphatic heterocycles. The topological polar surface area (TPSA) is 74.3 Å². The Balaban J connectivity index is 1.70. The molecule has 1 saturated heterocycles. The summed E-state index contributed by atoms with van der Waals surface area (Å²) in [5.41, 5.74) is -1.60. The second-order valence-electron chi connectivity index (χ2n) is 6.95. The molecule has 0 aliphatic carbocycles. The van der Waals surface area contributed by atoms with E-state index in [0.717, 1.165) is 18.2 Å². The van der Waals surface area contributed by atoms with Gasteiger partial charge in [0.2, 0.25) is 0 Å². The average molecular weight is 478 g/mol. The predicted molar refractivity (Wildman–Crippen MR) is 107 cm³/mol. The Morgan fingerprint density at radius 2 is 1.91 bits per heavy atom. The number of rotatable bonds is 8. The standard InChI is InChI=1S/C20H20ClF4N3O4/c21-28(32-11-13(29)10-27-5-7-31-8-6-27)20(30)14-2-3-15(23)18(25)19(14)26-17-4-1-12(22)9-16(17)24/h1-4,9,13,26,29H,5-8,10-11H2. The van der Waals surface area contributed by atoms with Crippen LogP contribution in [0.15, 0.2) is 30.3 Å². The van der Waals surface area contributed by atoms with Crippen molar-refractivity contribution in [2.75, 3.05) is 44.8 Å². The van der Waals surface area contributed by atoms with Crippen LogP contribution in [-0.4, -0.2) is 66.1 Å². The maximum atomic E-state index is 14.4. The van der Waals surface area contributed by atoms with Crippen LogP contribution in [0.5, 0.6) is 0 Å². The fraction of sp³-hybridized carbons (Fsp3) is 0.350. The number of halogens is 5. The van der Waals surface area contributed by atoms with Gasteiger partial charge < -0.3 is 15.2 Å². The van der Waals surface area contributed by atoms with Crippen molar-refractivity contribution >= 4 is 29.1 Å². The third-order valence-electron chi connectivity index (χ3n) is 4.63. The molecular weight excluding hydrogens is 458 g/mol. The lowest BCUT2D eigenvalue weighted by Gasteiger charge is -2.28. The largest absolute Gasteiger partial charge is 0.389 e. The number of ether oxygens (including phenoxy) is 1. The highest BCUT2D eigenvalue weighted by Gasteiger charge is 2.25. The molecular formula is C20H20ClF4N3O4. The number of hydroxylamine groups is 1. The Hall–Kier alpha value is -2.44. The van der Waals surface area contributed by atoms with Gasteiger partial charge >= 0.3 is 0 Å². The van der Waals surface area contributed by atoms with Crippen LogP contribution < -0.4 is 5.32 Å². The highest BCUT2D eigenvalue weighted by atomic mass is 35.5. The van der Waals surface area contributed by atoms with E-state index in [-0.39, 0.29) is 17.7 Å². The van der Waals surface area contributed by atoms with Crippen molar-refractivity contribution in [2.24, 2.45) is 0 Å². The summed E-state index contributed by atoms with van der Waals surface area (Å²) in [7, 11) is 0. The maximum absolute atomic E-state index is 14.4. The van der Waals surface area contributed by atoms with E-state index in [2.05, 4.69) is 5.32 Å². The SMILES string of the molecule is O=C(c1ccc(F)c(F)c1Nc1ccc(F)cc1F)N(Cl)OCC(O)CN1CCOCC1. The van der Waals surface area contributed by atoms with Gasteiger partial charge in [0.15, 0.2) is 11.6 Å². The molecule has 0 bridgehead atoms. The van der Waals surface area contributed by atoms with Gasteiger partial charge in [-0.2, -0.15) is 0 Å². The summed E-state index contributed by atoms with van der Waals surface area (Å²) in [5, 5.41) is 12.3. The van der Waals surface area contributed by atoms with Crippen LogP contribution in [-0.2, 0) is 9.57 Å². The molecule has 0 spiro atoms. The molecule has 174 valence electrons. The van der Waals surface area contributed by atoms with E-state index >= 15 is 0 Å². The number of hydrogen-bond donors (Lipinski definition) is 2. The summed E-state index contributed by atoms with van der Waals surface area (Å²) in [5.74, 6) is -5.85. The van der Waals surface area contributed by atoms with Gasteiger partial charge in [-0.25, -0.2) is 17.6 Å². The van der Waals surface area contributed by atoms with Gasteiger partial charge in [0.25, 0.3) is 5.91 Å². The van der Waals surface area contributed by atoms with E-state index in [0.29, 0.717) is 38.4 Å². The zero-order valence-corrected chi connectivity index (χ0v) is 17.4. The Morgan fingerprint density at radius 3 is 2.59 bits per heavy atom. The minimum Gasteiger partial charge on any atom is -0.389 e. The van der Waals surface area contributed by atoms with Crippen molar-refractivity contribution in [1.29, 1.82) is 0 Å². The van der Waals surface area contributed by atoms with Gasteiger partial charge in [-0.15, -0.1) is 4.58 Å². The van der Waals surface area contributed by atoms with E-state index in [1.165, 1.54) is 0 Å². The van der Waals surface area contributed by atoms with Gasteiger partial charge in [-0.1, -0.05) is 0 Å². The first-order chi connectivity index (χ1) is 15.3. The Bertz CT molecular complexity index is 963. The van der Waals surface area contributed by atoms with Crippen LogP contribution in [0.1, 0.15) is 10.4 Å². The highest BCUT2D eigenvalue weighted by Crippen LogP contribution is 2.29. The van der Waals surface area contributed by atoms with Gasteiger partial charge in [0.05, 0.1) is 36.3 Å². The van der Waals surface area contributed by atoms with Crippen molar-refractivity contribution < 1.29 is 37.0 Å². The van der Waals surface area contributed by atoms with Gasteiger partial charge in [-0.05, 0) is 24.3 Å². The van der Waals surface area contributed by atoms with Crippen LogP contribution in [0, 0.1) is 23.3 Å². The Labute approximate surface area is 186 Å². The number of hydrogen-bond acceptors (Lipinski definition) is 6. The molecule has 1 amide bonds. The number of benzene rings is 2. The summed E-state index contributed by atoms with van der Waals surface area (Å²) in [6.07, 6.45) is -0.988. The smallest absolute Gasteiger partial charge is 0.295 e. The zero-order valence-electron chi connectivity index (χ0n) is 16.7. The molecule has 2 aromatic rings. The third kappa shape index (κ3) is 6.08. The molecule has 1 aliphatic rings. The van der Waals surface area contributed by atoms with Crippen molar-refractivity contribution in [2.45, 2.75) is 6.10 Å². The molecule has 1 heterocycles. The molecule has 0 saturated carbocycles. The van der Waals surface area contributed by atoms with Crippen LogP contribution in [0.3, 0.4) is 0 Å². The normalized spacial score (nSPS) is 15.4. The van der Waals surface area contributed by atoms with E-state index in [1.807, 2.05) is 4.90 Å². The third-order valence-corrected chi connectivity index (χ3v) is 4.88. The lowest BCUT2D eigenvalue weighted by atomic mass is 10.1. The first kappa shape index (κ1) is 24.2. The van der Waals surface area contributed by atoms with Crippen molar-refractivity contribution in [3.8, 4) is 0 Å². The van der Waals surface area contributed by atoms with Crippen molar-refractivity contribution in [3.05, 3.63) is 59.2 Å². The van der Waals surface area contributed by atoms with E-state index in [1.54, 1.807) is 0 Å². The van der Waals surface area contributed by atoms with E-state index < -0.39 is 52.2 Å². The molecule has 0 radical (unpaired) electrons. The maximum Gasteiger partial charge on any atom is 0.295 e. The second kappa shape index (κ2) is 10.9. The van der Waals surface area contributed by atoms with Crippen LogP contribution >= 0.6 is 11.8 Å². The van der Waals surface area contributed by atoms with Crippen LogP contribution in [0.4, 0.5) is 28.9 Å². The number of carbonyl (C=O) groups excluding carboxylic acids is 1. The fourth-order valence-electron chi connectivity index (χ4n) is 3.02. The molecule has 32 heavy (non-hydrogen) atoms. The average Bonchev–Trinajstić information content (AvgIpc) is 2.77. The first-order valence-electron chi connectivity index (χ1n) is 9.57. The van der Waals surface area contributed by atoms with E-state index in [4.69, 9.17) is 21.4 Å². The number of amides is 1. The molecule has 0 aromatic heterocycles. The fourth-order valence-corrected chi connectivity index (χ4v) is 3.16. The van der Waals surface area contributed by atoms with Gasteiger partial charge in [0, 0.05) is 37.5 Å². The number of anilines is 2. The minimum absolute atomic E-state index is 0.238. The van der Waals surface area contributed by atoms with Crippen molar-refractivity contribution in [3.63, 3.8) is 0 Å². The number of morpholine rings is 1. The number of carbonyl (C=O) groups is 1. The predicted octanol–water partition coefficient (Wildman–Crippen LogP) is 3.21. The Morgan fingerprint density at radius 1 is 1.19 bits per heavy atom. The molecule has 12 heteroatoms. The first-order valence-corrected chi connectivity index (χ1v) is 9.91. The lowest BCUT2D eigenvalue weighted by molar-refractivity contribution is -0.0976. The monoisotopic (exact) mass is 477 g/mol. The molecule has 7 nitrogen and oxygen atoms in total. The summed E-state index contributed by atoms with van der Waals surface area (Å²) >= 11 is 5.82. The minimum atomic E-state index is -1.48. The molecule has 1 atom stereocenters. The number of nitrogens with one attached hydrogen (secondary N) is 1. The van der Waals surface area contributed by atoms with Gasteiger partial charge in [-0.3, -0.25) is 14.5 Å². The number of aliphatic hydroxyl groups is 1. The molecule has 2 aromatic carbocycles. The summed E-state index contributed by atoms with van der Waals surface area (Å²) in [4.78, 5) is 19.6. The van der Waals surface area contributed by atoms with Crippen molar-refractivity contribution in [1.82, 2.24) is 9.48 Å². The quantitative estimate of drug-likeness (QED) is 0.345. The molecule has 1 unspecified atom stereocenters. The summed E-state index contributed by atoms with van der Waals surface area (Å²) in [6.45, 7) is 2.23. The van der Waals surface area contributed by atoms with E-state index in [9.17, 15) is 27.5 Å². The van der Waals surface area contributed by atoms with Crippen LogP contribution in [0.25, 0.3) is 0 Å². The summed E-state index contributed by atoms with van der Waals surface area (Å²) in [6, 6.07) is 4.01. The number of β-amino-alcohol motifs (C(OH)–C–C–N with tert-alkyl or cyclic N) is 1. The highest BCUT2D eigenvalue weighted by molar-refractivity contribution is 6.24. The number of aliphatic hydroxyl groups excluding tert-OH is 1. The van der Waals surface area contributed by atoms with Crippen LogP contribution in [0.2, 0.25) is 0 Å². The summed E-state index contributed by atoms with van der Waals surface area (Å²) < 4.78 is 60.7. The molecule has 1 fully saturated rings. The molecule has 2 N–H and O–H groups in total.